The number of carbonyl (C=O) groups excluding carboxylic acids is 2. The molecule has 5 aromatic rings. The highest BCUT2D eigenvalue weighted by Crippen LogP contribution is 2.39. The van der Waals surface area contributed by atoms with Crippen molar-refractivity contribution in [2.45, 2.75) is 102 Å². The second-order valence-corrected chi connectivity index (χ2v) is 19.5. The minimum atomic E-state index is -0.509. The summed E-state index contributed by atoms with van der Waals surface area (Å²) in [5, 5.41) is 9.14. The van der Waals surface area contributed by atoms with Crippen LogP contribution in [0.25, 0.3) is 11.2 Å². The van der Waals surface area contributed by atoms with Crippen molar-refractivity contribution >= 4 is 80.2 Å². The van der Waals surface area contributed by atoms with Crippen LogP contribution in [0, 0.1) is 11.8 Å². The third-order valence-electron chi connectivity index (χ3n) is 13.1. The van der Waals surface area contributed by atoms with Gasteiger partial charge >= 0.3 is 0 Å². The van der Waals surface area contributed by atoms with Crippen molar-refractivity contribution in [1.29, 1.82) is 0 Å². The van der Waals surface area contributed by atoms with Crippen molar-refractivity contribution in [1.82, 2.24) is 44.2 Å². The number of fused-ring (bicyclic) bond motifs is 2. The molecule has 2 saturated carbocycles. The van der Waals surface area contributed by atoms with Crippen LogP contribution in [0.15, 0.2) is 85.2 Å². The van der Waals surface area contributed by atoms with Crippen molar-refractivity contribution in [3.8, 4) is 0 Å². The van der Waals surface area contributed by atoms with E-state index in [1.165, 1.54) is 57.4 Å². The SMILES string of the molecule is C=CC(=O)Cl.C=CC(=O)Nc1cccc(Nc2nc(CC3CCC(N(C)C)CC3)nc3c2ncn3C(C)C)c1.CN(C)C1CCC(Cc2nc(Nc3cccc(N)c3)c3c(n2)C(N(C)C)C=N3)CC1. The van der Waals surface area contributed by atoms with Crippen molar-refractivity contribution in [3.05, 3.63) is 97.5 Å². The fourth-order valence-corrected chi connectivity index (χ4v) is 9.15. The molecular weight excluding hydrogens is 888 g/mol. The van der Waals surface area contributed by atoms with Crippen molar-refractivity contribution in [2.24, 2.45) is 16.8 Å². The molecule has 17 heteroatoms. The zero-order valence-electron chi connectivity index (χ0n) is 41.6. The van der Waals surface area contributed by atoms with Gasteiger partial charge in [0.25, 0.3) is 0 Å². The first-order valence-electron chi connectivity index (χ1n) is 23.9. The Morgan fingerprint density at radius 1 is 0.754 bits per heavy atom. The number of nitrogens with zero attached hydrogens (tertiary/aromatic N) is 10. The highest BCUT2D eigenvalue weighted by molar-refractivity contribution is 6.66. The summed E-state index contributed by atoms with van der Waals surface area (Å²) < 4.78 is 2.09. The van der Waals surface area contributed by atoms with E-state index < -0.39 is 5.24 Å². The van der Waals surface area contributed by atoms with Gasteiger partial charge in [-0.2, -0.15) is 0 Å². The van der Waals surface area contributed by atoms with E-state index in [2.05, 4.69) is 114 Å². The summed E-state index contributed by atoms with van der Waals surface area (Å²) in [5.74, 6) is 4.20. The van der Waals surface area contributed by atoms with E-state index in [-0.39, 0.29) is 18.0 Å². The van der Waals surface area contributed by atoms with E-state index in [0.717, 1.165) is 76.0 Å². The number of amides is 1. The molecule has 1 unspecified atom stereocenters. The van der Waals surface area contributed by atoms with Crippen LogP contribution >= 0.6 is 11.6 Å². The average molecular weight is 960 g/mol. The van der Waals surface area contributed by atoms with Crippen LogP contribution in [0.3, 0.4) is 0 Å². The molecule has 0 saturated heterocycles. The molecule has 4 heterocycles. The molecule has 16 nitrogen and oxygen atoms in total. The number of anilines is 6. The smallest absolute Gasteiger partial charge is 0.247 e. The van der Waals surface area contributed by atoms with Crippen molar-refractivity contribution in [3.63, 3.8) is 0 Å². The van der Waals surface area contributed by atoms with E-state index >= 15 is 0 Å². The van der Waals surface area contributed by atoms with E-state index in [9.17, 15) is 9.59 Å². The molecule has 368 valence electrons. The summed E-state index contributed by atoms with van der Waals surface area (Å²) >= 11 is 4.71. The van der Waals surface area contributed by atoms with E-state index in [4.69, 9.17) is 37.3 Å². The molecule has 5 N–H and O–H groups in total. The number of halogens is 1. The van der Waals surface area contributed by atoms with Gasteiger partial charge in [0, 0.05) is 59.9 Å². The fourth-order valence-electron chi connectivity index (χ4n) is 9.15. The lowest BCUT2D eigenvalue weighted by atomic mass is 9.83. The number of carbonyl (C=O) groups is 2. The lowest BCUT2D eigenvalue weighted by Crippen LogP contribution is -2.32. The topological polar surface area (TPSA) is 188 Å². The average Bonchev–Trinajstić information content (AvgIpc) is 3.96. The molecule has 2 aliphatic carbocycles. The molecule has 0 radical (unpaired) electrons. The number of hydrogen-bond acceptors (Lipinski definition) is 14. The molecule has 69 heavy (non-hydrogen) atoms. The first-order chi connectivity index (χ1) is 33.0. The molecule has 2 aromatic carbocycles. The predicted molar refractivity (Wildman–Crippen MR) is 282 cm³/mol. The van der Waals surface area contributed by atoms with Crippen molar-refractivity contribution in [2.75, 3.05) is 64.0 Å². The maximum absolute atomic E-state index is 11.7. The van der Waals surface area contributed by atoms with E-state index in [0.29, 0.717) is 35.4 Å². The summed E-state index contributed by atoms with van der Waals surface area (Å²) in [6.45, 7) is 10.8. The quantitative estimate of drug-likeness (QED) is 0.0442. The number of nitrogens with one attached hydrogen (secondary N) is 3. The van der Waals surface area contributed by atoms with E-state index in [1.54, 1.807) is 0 Å². The van der Waals surface area contributed by atoms with Gasteiger partial charge < -0.3 is 36.1 Å². The molecule has 1 aliphatic heterocycles. The number of aromatic nitrogens is 6. The molecule has 1 atom stereocenters. The summed E-state index contributed by atoms with van der Waals surface area (Å²) in [4.78, 5) is 57.0. The Balaban J connectivity index is 0.000000208. The Morgan fingerprint density at radius 2 is 1.29 bits per heavy atom. The van der Waals surface area contributed by atoms with Crippen LogP contribution in [-0.2, 0) is 22.4 Å². The molecule has 0 spiro atoms. The number of benzene rings is 2. The highest BCUT2D eigenvalue weighted by Gasteiger charge is 2.30. The number of hydrogen-bond donors (Lipinski definition) is 4. The predicted octanol–water partition coefficient (Wildman–Crippen LogP) is 9.66. The largest absolute Gasteiger partial charge is 0.399 e. The zero-order chi connectivity index (χ0) is 49.8. The molecule has 2 fully saturated rings. The fraction of sp³-hybridized carbons (Fsp3) is 0.462. The first-order valence-corrected chi connectivity index (χ1v) is 24.3. The molecule has 3 aromatic heterocycles. The minimum absolute atomic E-state index is 0.0765. The standard InChI is InChI=1S/C26H35N7O.C23H33N7.C3H3ClO/c1-6-23(34)28-19-8-7-9-20(15-19)29-25-24-26(33(16-27-24)17(2)3)31-22(30-25)14-18-10-12-21(13-11-18)32(4)5;1-29(2)18-10-8-15(9-11-18)12-20-27-21-19(30(3)4)14-25-22(21)23(28-20)26-17-7-5-6-16(24)13-17;1-2-3(4)5/h6-9,15-18,21H,1,10-14H2,2-5H3,(H,28,34)(H,29,30,31);5-7,13-15,18-19H,8-12,24H2,1-4H3,(H,26,27,28);2H,1H2. The molecule has 3 aliphatic rings. The molecular formula is C52H71ClN14O2. The Kier molecular flexibility index (Phi) is 18.5. The van der Waals surface area contributed by atoms with E-state index in [1.807, 2.05) is 61.1 Å². The lowest BCUT2D eigenvalue weighted by molar-refractivity contribution is -0.112. The summed E-state index contributed by atoms with van der Waals surface area (Å²) in [6, 6.07) is 17.0. The van der Waals surface area contributed by atoms with Crippen molar-refractivity contribution < 1.29 is 9.59 Å². The Hall–Kier alpha value is -6.07. The van der Waals surface area contributed by atoms with Gasteiger partial charge in [0.2, 0.25) is 11.1 Å². The Morgan fingerprint density at radius 3 is 1.83 bits per heavy atom. The van der Waals surface area contributed by atoms with Crippen LogP contribution in [0.1, 0.15) is 94.6 Å². The second kappa shape index (κ2) is 24.5. The summed E-state index contributed by atoms with van der Waals surface area (Å²) in [7, 11) is 12.8. The van der Waals surface area contributed by atoms with Gasteiger partial charge in [-0.3, -0.25) is 19.5 Å². The molecule has 8 rings (SSSR count). The van der Waals surface area contributed by atoms with Gasteiger partial charge in [-0.15, -0.1) is 0 Å². The second-order valence-electron chi connectivity index (χ2n) is 19.2. The van der Waals surface area contributed by atoms with Crippen LogP contribution in [0.2, 0.25) is 0 Å². The van der Waals surface area contributed by atoms with Crippen LogP contribution < -0.4 is 21.7 Å². The Labute approximate surface area is 413 Å². The summed E-state index contributed by atoms with van der Waals surface area (Å²) in [5.41, 5.74) is 12.5. The van der Waals surface area contributed by atoms with Gasteiger partial charge in [-0.05, 0) is 179 Å². The Bertz CT molecular complexity index is 2570. The van der Waals surface area contributed by atoms with Crippen LogP contribution in [0.4, 0.5) is 40.1 Å². The number of nitrogen functional groups attached to an aromatic ring is 1. The third kappa shape index (κ3) is 14.5. The number of aliphatic imine (C=N–C) groups is 1. The van der Waals surface area contributed by atoms with Gasteiger partial charge in [0.05, 0.1) is 18.1 Å². The number of nitrogens with two attached hydrogens (primary N) is 1. The van der Waals surface area contributed by atoms with Crippen LogP contribution in [0.5, 0.6) is 0 Å². The number of imidazole rings is 1. The minimum Gasteiger partial charge on any atom is -0.399 e. The number of rotatable bonds is 15. The number of allylic oxidation sites excluding steroid dienone is 1. The van der Waals surface area contributed by atoms with Crippen LogP contribution in [-0.4, -0.2) is 116 Å². The van der Waals surface area contributed by atoms with Gasteiger partial charge in [-0.1, -0.05) is 25.3 Å². The molecule has 0 bridgehead atoms. The highest BCUT2D eigenvalue weighted by atomic mass is 35.5. The zero-order valence-corrected chi connectivity index (χ0v) is 42.4. The van der Waals surface area contributed by atoms with Gasteiger partial charge in [0.1, 0.15) is 17.3 Å². The van der Waals surface area contributed by atoms with Gasteiger partial charge in [0.15, 0.2) is 22.8 Å². The lowest BCUT2D eigenvalue weighted by Gasteiger charge is -2.32. The maximum Gasteiger partial charge on any atom is 0.247 e. The summed E-state index contributed by atoms with van der Waals surface area (Å²) in [6.07, 6.45) is 17.7. The third-order valence-corrected chi connectivity index (χ3v) is 13.2. The monoisotopic (exact) mass is 959 g/mol. The van der Waals surface area contributed by atoms with Gasteiger partial charge in [-0.25, -0.2) is 24.9 Å². The first kappa shape index (κ1) is 52.3. The maximum atomic E-state index is 11.7. The molecule has 1 amide bonds. The normalized spacial score (nSPS) is 19.6.